The van der Waals surface area contributed by atoms with Gasteiger partial charge in [0.15, 0.2) is 0 Å². The predicted octanol–water partition coefficient (Wildman–Crippen LogP) is 4.67. The Hall–Kier alpha value is -3.01. The molecule has 3 heterocycles. The van der Waals surface area contributed by atoms with E-state index in [0.29, 0.717) is 37.4 Å². The zero-order valence-electron chi connectivity index (χ0n) is 21.6. The molecule has 1 aliphatic carbocycles. The molecule has 3 aromatic rings. The highest BCUT2D eigenvalue weighted by Crippen LogP contribution is 2.45. The highest BCUT2D eigenvalue weighted by Gasteiger charge is 2.46. The van der Waals surface area contributed by atoms with Crippen LogP contribution in [0.3, 0.4) is 0 Å². The number of ether oxygens (including phenoxy) is 1. The maximum atomic E-state index is 13.8. The Morgan fingerprint density at radius 1 is 0.974 bits per heavy atom. The van der Waals surface area contributed by atoms with Crippen molar-refractivity contribution < 1.29 is 17.5 Å². The molecule has 0 radical (unpaired) electrons. The van der Waals surface area contributed by atoms with Gasteiger partial charge in [0.2, 0.25) is 10.0 Å². The number of aromatic nitrogens is 2. The molecular formula is C29H33FN4O3S. The monoisotopic (exact) mass is 536 g/mol. The molecule has 0 N–H and O–H groups in total. The zero-order chi connectivity index (χ0) is 26.3. The van der Waals surface area contributed by atoms with Crippen LogP contribution in [-0.4, -0.2) is 62.4 Å². The summed E-state index contributed by atoms with van der Waals surface area (Å²) in [4.78, 5) is 2.66. The molecule has 1 atom stereocenters. The summed E-state index contributed by atoms with van der Waals surface area (Å²) in [5, 5.41) is 4.58. The lowest BCUT2D eigenvalue weighted by Gasteiger charge is -2.45. The molecule has 200 valence electrons. The van der Waals surface area contributed by atoms with E-state index in [0.717, 1.165) is 35.7 Å². The van der Waals surface area contributed by atoms with Crippen molar-refractivity contribution in [2.75, 3.05) is 44.8 Å². The lowest BCUT2D eigenvalue weighted by atomic mass is 9.69. The lowest BCUT2D eigenvalue weighted by molar-refractivity contribution is 0.0733. The second kappa shape index (κ2) is 9.94. The molecule has 2 saturated heterocycles. The highest BCUT2D eigenvalue weighted by molar-refractivity contribution is 7.89. The van der Waals surface area contributed by atoms with E-state index in [1.54, 1.807) is 35.7 Å². The molecule has 2 fully saturated rings. The summed E-state index contributed by atoms with van der Waals surface area (Å²) in [6, 6.07) is 13.7. The van der Waals surface area contributed by atoms with Gasteiger partial charge >= 0.3 is 0 Å². The number of hydrogen-bond acceptors (Lipinski definition) is 5. The molecule has 0 saturated carbocycles. The molecule has 7 nitrogen and oxygen atoms in total. The molecule has 38 heavy (non-hydrogen) atoms. The second-order valence-electron chi connectivity index (χ2n) is 10.6. The molecule has 9 heteroatoms. The predicted molar refractivity (Wildman–Crippen MR) is 145 cm³/mol. The average Bonchev–Trinajstić information content (AvgIpc) is 3.34. The third kappa shape index (κ3) is 4.46. The molecule has 1 aromatic heterocycles. The van der Waals surface area contributed by atoms with Gasteiger partial charge in [0.25, 0.3) is 0 Å². The standard InChI is InChI=1S/C29H33FN4O3S/c1-37-21-29-18-22-19-31-34(26-7-5-24(30)6-8-26)28(22)17-23(29)13-16-33(20-29)38(35,36)27-11-9-25(10-12-27)32-14-3-2-4-15-32/h5-12,17,19H,2-4,13-16,18,20-21H2,1H3. The van der Waals surface area contributed by atoms with Crippen LogP contribution in [0.5, 0.6) is 0 Å². The Morgan fingerprint density at radius 2 is 1.68 bits per heavy atom. The van der Waals surface area contributed by atoms with Gasteiger partial charge in [0.05, 0.1) is 29.1 Å². The van der Waals surface area contributed by atoms with E-state index in [9.17, 15) is 12.8 Å². The molecule has 1 unspecified atom stereocenters. The van der Waals surface area contributed by atoms with Crippen molar-refractivity contribution in [3.05, 3.63) is 77.4 Å². The van der Waals surface area contributed by atoms with Crippen LogP contribution in [-0.2, 0) is 21.2 Å². The molecule has 2 aliphatic heterocycles. The largest absolute Gasteiger partial charge is 0.384 e. The van der Waals surface area contributed by atoms with Gasteiger partial charge in [-0.15, -0.1) is 0 Å². The molecule has 6 rings (SSSR count). The SMILES string of the molecule is COCC12Cc3cnn(-c4ccc(F)cc4)c3C=C1CCN(S(=O)(=O)c1ccc(N3CCCCC3)cc1)C2. The van der Waals surface area contributed by atoms with Crippen LogP contribution in [0, 0.1) is 11.2 Å². The Bertz CT molecular complexity index is 1440. The first-order valence-corrected chi connectivity index (χ1v) is 14.7. The summed E-state index contributed by atoms with van der Waals surface area (Å²) < 4.78 is 50.1. The first kappa shape index (κ1) is 25.3. The van der Waals surface area contributed by atoms with Crippen molar-refractivity contribution in [3.8, 4) is 5.69 Å². The maximum absolute atomic E-state index is 13.8. The smallest absolute Gasteiger partial charge is 0.243 e. The number of fused-ring (bicyclic) bond motifs is 2. The van der Waals surface area contributed by atoms with Gasteiger partial charge in [-0.25, -0.2) is 17.5 Å². The first-order chi connectivity index (χ1) is 18.4. The normalized spacial score (nSPS) is 22.1. The molecule has 3 aliphatic rings. The second-order valence-corrected chi connectivity index (χ2v) is 12.6. The highest BCUT2D eigenvalue weighted by atomic mass is 32.2. The number of benzene rings is 2. The topological polar surface area (TPSA) is 67.7 Å². The number of hydrogen-bond donors (Lipinski definition) is 0. The summed E-state index contributed by atoms with van der Waals surface area (Å²) >= 11 is 0. The van der Waals surface area contributed by atoms with E-state index in [1.807, 2.05) is 23.0 Å². The lowest BCUT2D eigenvalue weighted by Crippen LogP contribution is -2.51. The molecule has 0 bridgehead atoms. The third-order valence-electron chi connectivity index (χ3n) is 8.20. The van der Waals surface area contributed by atoms with Gasteiger partial charge in [-0.1, -0.05) is 5.57 Å². The number of piperidine rings is 2. The van der Waals surface area contributed by atoms with Gasteiger partial charge in [-0.2, -0.15) is 9.40 Å². The van der Waals surface area contributed by atoms with Gasteiger partial charge in [0, 0.05) is 44.4 Å². The van der Waals surface area contributed by atoms with Crippen LogP contribution in [0.25, 0.3) is 11.8 Å². The molecule has 0 spiro atoms. The molecule has 2 aromatic carbocycles. The summed E-state index contributed by atoms with van der Waals surface area (Å²) in [5.41, 5.74) is 4.57. The average molecular weight is 537 g/mol. The van der Waals surface area contributed by atoms with E-state index < -0.39 is 15.4 Å². The minimum absolute atomic E-state index is 0.290. The first-order valence-electron chi connectivity index (χ1n) is 13.3. The van der Waals surface area contributed by atoms with Gasteiger partial charge in [0.1, 0.15) is 5.82 Å². The molecule has 0 amide bonds. The summed E-state index contributed by atoms with van der Waals surface area (Å²) in [6.45, 7) is 3.22. The fourth-order valence-corrected chi connectivity index (χ4v) is 7.75. The quantitative estimate of drug-likeness (QED) is 0.458. The fraction of sp³-hybridized carbons (Fsp3) is 0.414. The Labute approximate surface area is 223 Å². The van der Waals surface area contributed by atoms with Crippen molar-refractivity contribution in [1.82, 2.24) is 14.1 Å². The van der Waals surface area contributed by atoms with E-state index >= 15 is 0 Å². The van der Waals surface area contributed by atoms with Gasteiger partial charge < -0.3 is 9.64 Å². The van der Waals surface area contributed by atoms with Crippen molar-refractivity contribution in [2.24, 2.45) is 5.41 Å². The van der Waals surface area contributed by atoms with Crippen molar-refractivity contribution in [1.29, 1.82) is 0 Å². The van der Waals surface area contributed by atoms with Gasteiger partial charge in [-0.05, 0) is 92.3 Å². The van der Waals surface area contributed by atoms with Crippen LogP contribution in [0.4, 0.5) is 10.1 Å². The Morgan fingerprint density at radius 3 is 2.39 bits per heavy atom. The zero-order valence-corrected chi connectivity index (χ0v) is 22.5. The number of rotatable bonds is 6. The van der Waals surface area contributed by atoms with E-state index in [4.69, 9.17) is 4.74 Å². The van der Waals surface area contributed by atoms with E-state index in [2.05, 4.69) is 16.1 Å². The van der Waals surface area contributed by atoms with Crippen molar-refractivity contribution in [3.63, 3.8) is 0 Å². The number of sulfonamides is 1. The maximum Gasteiger partial charge on any atom is 0.243 e. The minimum Gasteiger partial charge on any atom is -0.384 e. The van der Waals surface area contributed by atoms with Crippen LogP contribution < -0.4 is 4.90 Å². The van der Waals surface area contributed by atoms with E-state index in [1.165, 1.54) is 37.0 Å². The number of methoxy groups -OCH3 is 1. The van der Waals surface area contributed by atoms with Crippen molar-refractivity contribution in [2.45, 2.75) is 37.0 Å². The Balaban J connectivity index is 1.27. The Kier molecular flexibility index (Phi) is 6.62. The summed E-state index contributed by atoms with van der Waals surface area (Å²) in [7, 11) is -2.00. The number of nitrogens with zero attached hydrogens (tertiary/aromatic N) is 4. The summed E-state index contributed by atoms with van der Waals surface area (Å²) in [6.07, 6.45) is 8.81. The third-order valence-corrected chi connectivity index (χ3v) is 10.1. The number of anilines is 1. The van der Waals surface area contributed by atoms with Crippen LogP contribution in [0.1, 0.15) is 36.9 Å². The van der Waals surface area contributed by atoms with E-state index in [-0.39, 0.29) is 5.82 Å². The summed E-state index contributed by atoms with van der Waals surface area (Å²) in [5.74, 6) is -0.290. The minimum atomic E-state index is -3.66. The van der Waals surface area contributed by atoms with Crippen LogP contribution >= 0.6 is 0 Å². The fourth-order valence-electron chi connectivity index (χ4n) is 6.22. The van der Waals surface area contributed by atoms with Crippen LogP contribution in [0.15, 0.2) is 65.2 Å². The molecular weight excluding hydrogens is 503 g/mol. The number of halogens is 1. The van der Waals surface area contributed by atoms with Gasteiger partial charge in [-0.3, -0.25) is 0 Å². The van der Waals surface area contributed by atoms with Crippen LogP contribution in [0.2, 0.25) is 0 Å². The van der Waals surface area contributed by atoms with Crippen molar-refractivity contribution >= 4 is 21.8 Å².